The van der Waals surface area contributed by atoms with Crippen molar-refractivity contribution < 1.29 is 4.79 Å². The van der Waals surface area contributed by atoms with Gasteiger partial charge in [-0.05, 0) is 12.8 Å². The predicted molar refractivity (Wildman–Crippen MR) is 41.8 cm³/mol. The summed E-state index contributed by atoms with van der Waals surface area (Å²) in [6, 6.07) is 0.345. The maximum atomic E-state index is 10.5. The molecule has 3 aliphatic rings. The molecule has 2 heterocycles. The van der Waals surface area contributed by atoms with Crippen LogP contribution < -0.4 is 5.32 Å². The molecule has 60 valence electrons. The third-order valence-electron chi connectivity index (χ3n) is 2.75. The average Bonchev–Trinajstić information content (AvgIpc) is 2.04. The lowest BCUT2D eigenvalue weighted by atomic mass is 9.75. The van der Waals surface area contributed by atoms with Gasteiger partial charge in [-0.25, -0.2) is 0 Å². The van der Waals surface area contributed by atoms with Gasteiger partial charge in [-0.15, -0.1) is 0 Å². The lowest BCUT2D eigenvalue weighted by molar-refractivity contribution is -0.111. The minimum Gasteiger partial charge on any atom is -0.309 e. The summed E-state index contributed by atoms with van der Waals surface area (Å²) in [7, 11) is 0. The van der Waals surface area contributed by atoms with Gasteiger partial charge in [0.15, 0.2) is 0 Å². The van der Waals surface area contributed by atoms with Gasteiger partial charge in [0.25, 0.3) is 0 Å². The summed E-state index contributed by atoms with van der Waals surface area (Å²) >= 11 is 0. The normalized spacial score (nSPS) is 42.5. The number of fused-ring (bicyclic) bond motifs is 3. The molecule has 2 bridgehead atoms. The van der Waals surface area contributed by atoms with Crippen molar-refractivity contribution in [1.82, 2.24) is 5.32 Å². The Morgan fingerprint density at radius 3 is 2.82 bits per heavy atom. The molecule has 3 fully saturated rings. The van der Waals surface area contributed by atoms with E-state index >= 15 is 0 Å². The summed E-state index contributed by atoms with van der Waals surface area (Å²) in [5.74, 6) is 0.206. The predicted octanol–water partition coefficient (Wildman–Crippen LogP) is 0.346. The highest BCUT2D eigenvalue weighted by Gasteiger charge is 2.38. The molecule has 0 aromatic rings. The second kappa shape index (κ2) is 2.41. The SMILES string of the molecule is N=C1C[C@@H]2CC[C@H]1[C@@H](C=O)N2. The number of carbonyl (C=O) groups excluding carboxylic acids is 1. The molecular weight excluding hydrogens is 140 g/mol. The standard InChI is InChI=1S/C8H12N2O/c9-7-3-5-1-2-6(7)8(4-11)10-5/h4-6,8-10H,1-3H2/t5-,6+,8+/m0/s1. The van der Waals surface area contributed by atoms with Crippen LogP contribution >= 0.6 is 0 Å². The molecule has 3 nitrogen and oxygen atoms in total. The number of hydrogen-bond donors (Lipinski definition) is 2. The summed E-state index contributed by atoms with van der Waals surface area (Å²) in [5.41, 5.74) is 0.775. The second-order valence-corrected chi connectivity index (χ2v) is 3.44. The maximum Gasteiger partial charge on any atom is 0.137 e. The van der Waals surface area contributed by atoms with Gasteiger partial charge in [0.05, 0.1) is 6.04 Å². The highest BCUT2D eigenvalue weighted by Crippen LogP contribution is 2.29. The topological polar surface area (TPSA) is 53.0 Å². The first kappa shape index (κ1) is 6.98. The van der Waals surface area contributed by atoms with E-state index in [-0.39, 0.29) is 12.0 Å². The summed E-state index contributed by atoms with van der Waals surface area (Å²) < 4.78 is 0. The Bertz CT molecular complexity index is 202. The van der Waals surface area contributed by atoms with Crippen molar-refractivity contribution in [1.29, 1.82) is 5.41 Å². The molecule has 11 heavy (non-hydrogen) atoms. The molecule has 2 N–H and O–H groups in total. The Morgan fingerprint density at radius 1 is 1.55 bits per heavy atom. The van der Waals surface area contributed by atoms with Crippen LogP contribution in [0, 0.1) is 11.3 Å². The Kier molecular flexibility index (Phi) is 1.53. The van der Waals surface area contributed by atoms with Gasteiger partial charge in [-0.1, -0.05) is 0 Å². The third kappa shape index (κ3) is 0.997. The largest absolute Gasteiger partial charge is 0.309 e. The number of hydrogen-bond acceptors (Lipinski definition) is 3. The molecule has 1 saturated carbocycles. The van der Waals surface area contributed by atoms with Crippen LogP contribution in [0.4, 0.5) is 0 Å². The Morgan fingerprint density at radius 2 is 2.36 bits per heavy atom. The monoisotopic (exact) mass is 152 g/mol. The molecule has 3 atom stereocenters. The van der Waals surface area contributed by atoms with E-state index in [4.69, 9.17) is 5.41 Å². The van der Waals surface area contributed by atoms with Crippen molar-refractivity contribution in [3.8, 4) is 0 Å². The first-order valence-electron chi connectivity index (χ1n) is 4.10. The van der Waals surface area contributed by atoms with E-state index in [1.165, 1.54) is 0 Å². The molecule has 0 unspecified atom stereocenters. The van der Waals surface area contributed by atoms with Crippen molar-refractivity contribution >= 4 is 12.0 Å². The summed E-state index contributed by atoms with van der Waals surface area (Å²) in [4.78, 5) is 10.5. The molecule has 3 heteroatoms. The average molecular weight is 152 g/mol. The minimum atomic E-state index is -0.0602. The van der Waals surface area contributed by atoms with E-state index in [0.717, 1.165) is 31.3 Å². The van der Waals surface area contributed by atoms with E-state index in [9.17, 15) is 4.79 Å². The van der Waals surface area contributed by atoms with Gasteiger partial charge in [0.1, 0.15) is 6.29 Å². The highest BCUT2D eigenvalue weighted by molar-refractivity contribution is 5.89. The number of rotatable bonds is 1. The van der Waals surface area contributed by atoms with Crippen LogP contribution in [-0.4, -0.2) is 24.1 Å². The van der Waals surface area contributed by atoms with Crippen LogP contribution in [-0.2, 0) is 4.79 Å². The van der Waals surface area contributed by atoms with Crippen LogP contribution in [0.25, 0.3) is 0 Å². The van der Waals surface area contributed by atoms with Gasteiger partial charge in [-0.3, -0.25) is 0 Å². The van der Waals surface area contributed by atoms with Crippen molar-refractivity contribution in [3.05, 3.63) is 0 Å². The van der Waals surface area contributed by atoms with E-state index in [1.807, 2.05) is 0 Å². The lowest BCUT2D eigenvalue weighted by Crippen LogP contribution is -2.56. The number of carbonyl (C=O) groups is 1. The maximum absolute atomic E-state index is 10.5. The zero-order valence-electron chi connectivity index (χ0n) is 6.34. The van der Waals surface area contributed by atoms with Gasteiger partial charge in [0, 0.05) is 24.1 Å². The molecular formula is C8H12N2O. The van der Waals surface area contributed by atoms with Crippen LogP contribution in [0.5, 0.6) is 0 Å². The third-order valence-corrected chi connectivity index (χ3v) is 2.75. The molecule has 1 aliphatic carbocycles. The van der Waals surface area contributed by atoms with Crippen LogP contribution in [0.3, 0.4) is 0 Å². The fourth-order valence-corrected chi connectivity index (χ4v) is 2.13. The van der Waals surface area contributed by atoms with Gasteiger partial charge in [-0.2, -0.15) is 0 Å². The van der Waals surface area contributed by atoms with Crippen molar-refractivity contribution in [3.63, 3.8) is 0 Å². The molecule has 0 aromatic heterocycles. The van der Waals surface area contributed by atoms with Gasteiger partial charge < -0.3 is 15.5 Å². The molecule has 2 saturated heterocycles. The summed E-state index contributed by atoms with van der Waals surface area (Å²) in [6.07, 6.45) is 3.97. The lowest BCUT2D eigenvalue weighted by Gasteiger charge is -2.41. The summed E-state index contributed by atoms with van der Waals surface area (Å²) in [6.45, 7) is 0. The minimum absolute atomic E-state index is 0.0602. The molecule has 0 spiro atoms. The van der Waals surface area contributed by atoms with Crippen LogP contribution in [0.2, 0.25) is 0 Å². The smallest absolute Gasteiger partial charge is 0.137 e. The Hall–Kier alpha value is -0.700. The van der Waals surface area contributed by atoms with E-state index in [0.29, 0.717) is 6.04 Å². The Balaban J connectivity index is 2.19. The van der Waals surface area contributed by atoms with E-state index in [1.54, 1.807) is 0 Å². The van der Waals surface area contributed by atoms with E-state index in [2.05, 4.69) is 5.32 Å². The number of nitrogens with one attached hydrogen (secondary N) is 2. The Labute approximate surface area is 65.7 Å². The highest BCUT2D eigenvalue weighted by atomic mass is 16.1. The fraction of sp³-hybridized carbons (Fsp3) is 0.750. The van der Waals surface area contributed by atoms with Crippen molar-refractivity contribution in [2.75, 3.05) is 0 Å². The first-order valence-corrected chi connectivity index (χ1v) is 4.10. The first-order chi connectivity index (χ1) is 5.31. The van der Waals surface area contributed by atoms with Gasteiger partial charge in [0.2, 0.25) is 0 Å². The molecule has 0 aromatic carbocycles. The molecule has 0 amide bonds. The molecule has 2 aliphatic heterocycles. The fourth-order valence-electron chi connectivity index (χ4n) is 2.13. The van der Waals surface area contributed by atoms with Crippen LogP contribution in [0.15, 0.2) is 0 Å². The van der Waals surface area contributed by atoms with Gasteiger partial charge >= 0.3 is 0 Å². The molecule has 3 rings (SSSR count). The van der Waals surface area contributed by atoms with Crippen molar-refractivity contribution in [2.24, 2.45) is 5.92 Å². The quantitative estimate of drug-likeness (QED) is 0.532. The van der Waals surface area contributed by atoms with Crippen LogP contribution in [0.1, 0.15) is 19.3 Å². The zero-order valence-corrected chi connectivity index (χ0v) is 6.34. The zero-order chi connectivity index (χ0) is 7.84. The number of aldehydes is 1. The number of piperidine rings is 2. The second-order valence-electron chi connectivity index (χ2n) is 3.44. The molecule has 0 radical (unpaired) electrons. The van der Waals surface area contributed by atoms with Crippen molar-refractivity contribution in [2.45, 2.75) is 31.3 Å². The summed E-state index contributed by atoms with van der Waals surface area (Å²) in [5, 5.41) is 10.8. The van der Waals surface area contributed by atoms with E-state index < -0.39 is 0 Å².